The number of fused-ring (bicyclic) bond motifs is 3. The van der Waals surface area contributed by atoms with Gasteiger partial charge in [-0.1, -0.05) is 18.2 Å². The number of aryl methyl sites for hydroxylation is 1. The van der Waals surface area contributed by atoms with Gasteiger partial charge in [0.2, 0.25) is 11.8 Å². The number of hydrogen-bond donors (Lipinski definition) is 1. The summed E-state index contributed by atoms with van der Waals surface area (Å²) < 4.78 is 21.5. The maximum absolute atomic E-state index is 14.0. The van der Waals surface area contributed by atoms with Crippen LogP contribution in [0.5, 0.6) is 5.75 Å². The van der Waals surface area contributed by atoms with Crippen molar-refractivity contribution in [1.29, 1.82) is 0 Å². The first-order valence-corrected chi connectivity index (χ1v) is 10.3. The lowest BCUT2D eigenvalue weighted by Gasteiger charge is -2.17. The second-order valence-corrected chi connectivity index (χ2v) is 7.60. The van der Waals surface area contributed by atoms with Gasteiger partial charge in [0.15, 0.2) is 0 Å². The Bertz CT molecular complexity index is 1350. The van der Waals surface area contributed by atoms with Crippen molar-refractivity contribution in [2.75, 3.05) is 12.4 Å². The van der Waals surface area contributed by atoms with E-state index in [2.05, 4.69) is 32.0 Å². The van der Waals surface area contributed by atoms with Crippen LogP contribution in [0.1, 0.15) is 18.5 Å². The molecule has 0 atom stereocenters. The third-order valence-corrected chi connectivity index (χ3v) is 5.75. The van der Waals surface area contributed by atoms with Gasteiger partial charge in [0.1, 0.15) is 5.75 Å². The van der Waals surface area contributed by atoms with E-state index in [1.165, 1.54) is 18.3 Å². The molecule has 0 aliphatic carbocycles. The summed E-state index contributed by atoms with van der Waals surface area (Å²) >= 11 is 0. The number of nitrogens with one attached hydrogen (secondary N) is 1. The van der Waals surface area contributed by atoms with E-state index in [1.54, 1.807) is 6.20 Å². The molecular formula is C23H20FN5O3. The van der Waals surface area contributed by atoms with Gasteiger partial charge in [0.05, 0.1) is 23.4 Å². The van der Waals surface area contributed by atoms with E-state index in [1.807, 2.05) is 18.2 Å². The number of nitro benzene ring substituents is 1. The molecule has 32 heavy (non-hydrogen) atoms. The number of benzene rings is 2. The van der Waals surface area contributed by atoms with Crippen molar-refractivity contribution in [2.45, 2.75) is 25.8 Å². The fourth-order valence-electron chi connectivity index (χ4n) is 4.35. The molecule has 0 bridgehead atoms. The average Bonchev–Trinajstić information content (AvgIpc) is 3.14. The Hall–Kier alpha value is -4.01. The normalized spacial score (nSPS) is 13.1. The van der Waals surface area contributed by atoms with E-state index in [0.29, 0.717) is 0 Å². The molecule has 1 N–H and O–H groups in total. The van der Waals surface area contributed by atoms with E-state index in [-0.39, 0.29) is 17.4 Å². The molecule has 0 spiro atoms. The van der Waals surface area contributed by atoms with Crippen LogP contribution in [-0.4, -0.2) is 26.6 Å². The molecule has 3 heterocycles. The summed E-state index contributed by atoms with van der Waals surface area (Å²) in [4.78, 5) is 19.3. The molecule has 8 nitrogen and oxygen atoms in total. The largest absolute Gasteiger partial charge is 0.494 e. The number of hydrogen-bond acceptors (Lipinski definition) is 6. The van der Waals surface area contributed by atoms with Crippen molar-refractivity contribution < 1.29 is 14.1 Å². The predicted molar refractivity (Wildman–Crippen MR) is 119 cm³/mol. The number of nitrogens with zero attached hydrogens (tertiary/aromatic N) is 4. The number of nitro groups is 1. The lowest BCUT2D eigenvalue weighted by Crippen LogP contribution is -2.10. The van der Waals surface area contributed by atoms with Gasteiger partial charge in [-0.15, -0.1) is 0 Å². The third kappa shape index (κ3) is 3.31. The van der Waals surface area contributed by atoms with Crippen LogP contribution in [0.3, 0.4) is 0 Å². The molecule has 5 rings (SSSR count). The number of anilines is 2. The van der Waals surface area contributed by atoms with Crippen molar-refractivity contribution in [3.8, 4) is 17.0 Å². The Balaban J connectivity index is 1.59. The molecule has 0 fully saturated rings. The molecule has 0 unspecified atom stereocenters. The lowest BCUT2D eigenvalue weighted by molar-refractivity contribution is -0.387. The second-order valence-electron chi connectivity index (χ2n) is 7.60. The third-order valence-electron chi connectivity index (χ3n) is 5.75. The zero-order valence-electron chi connectivity index (χ0n) is 17.3. The monoisotopic (exact) mass is 433 g/mol. The van der Waals surface area contributed by atoms with Crippen LogP contribution in [-0.2, 0) is 13.0 Å². The maximum atomic E-state index is 14.0. The maximum Gasteiger partial charge on any atom is 0.307 e. The van der Waals surface area contributed by atoms with E-state index in [0.717, 1.165) is 54.6 Å². The first-order valence-electron chi connectivity index (χ1n) is 10.3. The predicted octanol–water partition coefficient (Wildman–Crippen LogP) is 5.23. The highest BCUT2D eigenvalue weighted by Gasteiger charge is 2.23. The van der Waals surface area contributed by atoms with E-state index in [9.17, 15) is 14.5 Å². The van der Waals surface area contributed by atoms with Crippen molar-refractivity contribution in [2.24, 2.45) is 0 Å². The Morgan fingerprint density at radius 1 is 1.22 bits per heavy atom. The van der Waals surface area contributed by atoms with Gasteiger partial charge in [0.25, 0.3) is 0 Å². The molecule has 0 radical (unpaired) electrons. The zero-order valence-corrected chi connectivity index (χ0v) is 17.3. The zero-order chi connectivity index (χ0) is 22.2. The fourth-order valence-corrected chi connectivity index (χ4v) is 4.35. The lowest BCUT2D eigenvalue weighted by atomic mass is 10.0. The highest BCUT2D eigenvalue weighted by atomic mass is 19.1. The van der Waals surface area contributed by atoms with Gasteiger partial charge in [0, 0.05) is 47.0 Å². The van der Waals surface area contributed by atoms with Crippen LogP contribution in [0.25, 0.3) is 22.2 Å². The standard InChI is InChI=1S/C23H20FN5O3/c1-32-21-12-15(24)20(29(30)31)13-17(21)27-23-25-10-9-16(26-23)22-14-6-2-3-7-18(14)28-11-5-4-8-19(22)28/h2-3,6-7,9-10,12-13H,4-5,8,11H2,1H3,(H,25,26,27). The minimum atomic E-state index is -0.973. The minimum absolute atomic E-state index is 0.119. The van der Waals surface area contributed by atoms with Crippen molar-refractivity contribution >= 4 is 28.2 Å². The Morgan fingerprint density at radius 2 is 2.06 bits per heavy atom. The van der Waals surface area contributed by atoms with Crippen LogP contribution in [0.15, 0.2) is 48.7 Å². The van der Waals surface area contributed by atoms with E-state index in [4.69, 9.17) is 4.74 Å². The summed E-state index contributed by atoms with van der Waals surface area (Å²) in [5.41, 5.74) is 3.81. The van der Waals surface area contributed by atoms with Crippen LogP contribution >= 0.6 is 0 Å². The van der Waals surface area contributed by atoms with Crippen molar-refractivity contribution in [1.82, 2.24) is 14.5 Å². The number of para-hydroxylation sites is 1. The first-order chi connectivity index (χ1) is 15.6. The number of halogens is 1. The highest BCUT2D eigenvalue weighted by molar-refractivity contribution is 5.97. The van der Waals surface area contributed by atoms with Gasteiger partial charge in [-0.25, -0.2) is 9.97 Å². The highest BCUT2D eigenvalue weighted by Crippen LogP contribution is 2.38. The minimum Gasteiger partial charge on any atom is -0.494 e. The molecule has 2 aromatic heterocycles. The average molecular weight is 433 g/mol. The number of ether oxygens (including phenoxy) is 1. The summed E-state index contributed by atoms with van der Waals surface area (Å²) in [5.74, 6) is -0.616. The molecule has 1 aliphatic rings. The Morgan fingerprint density at radius 3 is 2.88 bits per heavy atom. The second kappa shape index (κ2) is 7.92. The molecule has 1 aliphatic heterocycles. The quantitative estimate of drug-likeness (QED) is 0.342. The van der Waals surface area contributed by atoms with Crippen LogP contribution in [0.2, 0.25) is 0 Å². The first kappa shape index (κ1) is 19.9. The van der Waals surface area contributed by atoms with Crippen molar-refractivity contribution in [3.63, 3.8) is 0 Å². The fraction of sp³-hybridized carbons (Fsp3) is 0.217. The number of aromatic nitrogens is 3. The van der Waals surface area contributed by atoms with Crippen LogP contribution in [0.4, 0.5) is 21.7 Å². The molecule has 4 aromatic rings. The van der Waals surface area contributed by atoms with Crippen LogP contribution in [0, 0.1) is 15.9 Å². The SMILES string of the molecule is COc1cc(F)c([N+](=O)[O-])cc1Nc1nccc(-c2c3n(c4ccccc24)CCCC3)n1. The molecule has 2 aromatic carbocycles. The van der Waals surface area contributed by atoms with Gasteiger partial charge < -0.3 is 14.6 Å². The number of rotatable bonds is 5. The van der Waals surface area contributed by atoms with Gasteiger partial charge in [-0.05, 0) is 31.4 Å². The number of methoxy groups -OCH3 is 1. The summed E-state index contributed by atoms with van der Waals surface area (Å²) in [5, 5.41) is 15.2. The molecule has 0 saturated heterocycles. The molecule has 0 amide bonds. The Kier molecular flexibility index (Phi) is 4.93. The smallest absolute Gasteiger partial charge is 0.307 e. The Labute approximate surface area is 182 Å². The van der Waals surface area contributed by atoms with Crippen molar-refractivity contribution in [3.05, 3.63) is 70.3 Å². The topological polar surface area (TPSA) is 95.1 Å². The summed E-state index contributed by atoms with van der Waals surface area (Å²) in [6, 6.07) is 12.2. The molecular weight excluding hydrogens is 413 g/mol. The van der Waals surface area contributed by atoms with Gasteiger partial charge >= 0.3 is 5.69 Å². The summed E-state index contributed by atoms with van der Waals surface area (Å²) in [6.07, 6.45) is 4.87. The summed E-state index contributed by atoms with van der Waals surface area (Å²) in [7, 11) is 1.36. The molecule has 0 saturated carbocycles. The van der Waals surface area contributed by atoms with Gasteiger partial charge in [-0.3, -0.25) is 10.1 Å². The molecule has 162 valence electrons. The van der Waals surface area contributed by atoms with Gasteiger partial charge in [-0.2, -0.15) is 4.39 Å². The van der Waals surface area contributed by atoms with E-state index >= 15 is 0 Å². The van der Waals surface area contributed by atoms with Crippen LogP contribution < -0.4 is 10.1 Å². The molecule has 9 heteroatoms. The van der Waals surface area contributed by atoms with E-state index < -0.39 is 16.4 Å². The summed E-state index contributed by atoms with van der Waals surface area (Å²) in [6.45, 7) is 0.975.